The second-order valence-electron chi connectivity index (χ2n) is 20.6. The number of carbonyl (C=O) groups is 9. The predicted octanol–water partition coefficient (Wildman–Crippen LogP) is 0.832. The average Bonchev–Trinajstić information content (AvgIpc) is 3.31. The molecule has 9 amide bonds. The summed E-state index contributed by atoms with van der Waals surface area (Å²) in [6.45, 7) is 15.5. The van der Waals surface area contributed by atoms with Crippen LogP contribution in [0.1, 0.15) is 106 Å². The van der Waals surface area contributed by atoms with Crippen LogP contribution >= 0.6 is 0 Å². The first kappa shape index (κ1) is 58.7. The maximum absolute atomic E-state index is 15.1. The maximum atomic E-state index is 15.1. The number of nitrogens with one attached hydrogen (secondary N) is 4. The van der Waals surface area contributed by atoms with Gasteiger partial charge >= 0.3 is 0 Å². The minimum Gasteiger partial charge on any atom is -0.391 e. The molecule has 20 heteroatoms. The van der Waals surface area contributed by atoms with Gasteiger partial charge in [-0.25, -0.2) is 0 Å². The Bertz CT molecular complexity index is 1990. The van der Waals surface area contributed by atoms with Gasteiger partial charge in [-0.15, -0.1) is 0 Å². The number of hydrogen-bond acceptors (Lipinski definition) is 11. The monoisotopic (exact) mass is 984 g/mol. The molecule has 0 radical (unpaired) electrons. The Hall–Kier alpha value is -5.63. The molecule has 2 aliphatic rings. The lowest BCUT2D eigenvalue weighted by Crippen LogP contribution is -2.62. The molecule has 0 saturated carbocycles. The molecule has 1 aromatic carbocycles. The lowest BCUT2D eigenvalue weighted by molar-refractivity contribution is -0.154. The van der Waals surface area contributed by atoms with E-state index in [1.807, 2.05) is 27.7 Å². The number of aliphatic hydroxyl groups excluding tert-OH is 1. The summed E-state index contributed by atoms with van der Waals surface area (Å²) in [5.41, 5.74) is -0.0945. The average molecular weight is 984 g/mol. The van der Waals surface area contributed by atoms with Crippen LogP contribution in [0.4, 0.5) is 0 Å². The number of nitrogens with zero attached hydrogens (tertiary/aromatic N) is 5. The van der Waals surface area contributed by atoms with Crippen LogP contribution in [-0.2, 0) is 54.3 Å². The van der Waals surface area contributed by atoms with Crippen LogP contribution in [0, 0.1) is 11.8 Å². The maximum Gasteiger partial charge on any atom is 0.254 e. The van der Waals surface area contributed by atoms with Gasteiger partial charge in [-0.1, -0.05) is 58.0 Å². The van der Waals surface area contributed by atoms with Crippen LogP contribution < -0.4 is 21.3 Å². The number of piperidine rings is 1. The van der Waals surface area contributed by atoms with E-state index in [1.165, 1.54) is 61.6 Å². The van der Waals surface area contributed by atoms with Gasteiger partial charge in [-0.05, 0) is 84.1 Å². The summed E-state index contributed by atoms with van der Waals surface area (Å²) in [4.78, 5) is 135. The van der Waals surface area contributed by atoms with Crippen molar-refractivity contribution in [2.24, 2.45) is 11.8 Å². The van der Waals surface area contributed by atoms with E-state index in [0.29, 0.717) is 31.5 Å². The number of ether oxygens (including phenoxy) is 1. The minimum atomic E-state index is -1.74. The van der Waals surface area contributed by atoms with Gasteiger partial charge in [0.1, 0.15) is 36.3 Å². The van der Waals surface area contributed by atoms with Gasteiger partial charge in [0.05, 0.1) is 18.3 Å². The molecule has 3 rings (SSSR count). The first-order valence-electron chi connectivity index (χ1n) is 24.6. The number of hydrogen-bond donors (Lipinski definition) is 5. The molecule has 70 heavy (non-hydrogen) atoms. The van der Waals surface area contributed by atoms with Crippen molar-refractivity contribution in [2.45, 2.75) is 161 Å². The highest BCUT2D eigenvalue weighted by molar-refractivity contribution is 6.08. The molecule has 2 aliphatic heterocycles. The molecule has 2 heterocycles. The van der Waals surface area contributed by atoms with Crippen LogP contribution in [0.5, 0.6) is 0 Å². The fourth-order valence-electron chi connectivity index (χ4n) is 8.36. The van der Waals surface area contributed by atoms with Crippen molar-refractivity contribution in [1.29, 1.82) is 0 Å². The van der Waals surface area contributed by atoms with Crippen molar-refractivity contribution in [2.75, 3.05) is 54.4 Å². The molecule has 2 fully saturated rings. The van der Waals surface area contributed by atoms with E-state index in [-0.39, 0.29) is 44.2 Å². The zero-order valence-corrected chi connectivity index (χ0v) is 43.7. The number of amides is 9. The van der Waals surface area contributed by atoms with Crippen molar-refractivity contribution in [3.63, 3.8) is 0 Å². The quantitative estimate of drug-likeness (QED) is 0.206. The third-order valence-corrected chi connectivity index (χ3v) is 12.8. The molecule has 1 aromatic rings. The van der Waals surface area contributed by atoms with E-state index < -0.39 is 114 Å². The van der Waals surface area contributed by atoms with E-state index in [2.05, 4.69) is 21.3 Å². The molecule has 0 bridgehead atoms. The number of likely N-dealkylation sites (N-methyl/N-ethyl adjacent to an activating group) is 4. The fourth-order valence-corrected chi connectivity index (χ4v) is 8.36. The first-order chi connectivity index (χ1) is 32.7. The van der Waals surface area contributed by atoms with Crippen LogP contribution in [0.2, 0.25) is 0 Å². The van der Waals surface area contributed by atoms with E-state index >= 15 is 4.79 Å². The standard InChI is InChI=1S/C50H81N9O11/c1-30(2)26-36-43(63)54-41(49(69)59-24-18-15-19-25-59)44(64)51-23-22-39(61)53-40(33(6)60)48(68)55(10)32(5)42(62)52-35(29-70-50(7,8)9)45(65)57(12)38(28-34-20-16-14-17-21-34)47(67)58(13)37(27-31(3)4)46(66)56(36)11/h14,16-17,20-21,30-33,35-38,40-41,60H,15,18-19,22-29H2,1-13H3,(H,51,64)(H,52,62)(H,53,61)(H,54,63)/t32-,33?,35-,36-,37-,38-,40-,41?/m0/s1. The van der Waals surface area contributed by atoms with Crippen LogP contribution in [0.3, 0.4) is 0 Å². The Balaban J connectivity index is 2.25. The number of likely N-dealkylation sites (tertiary alicyclic amines) is 1. The van der Waals surface area contributed by atoms with E-state index in [1.54, 1.807) is 51.1 Å². The van der Waals surface area contributed by atoms with E-state index in [0.717, 1.165) is 11.3 Å². The Labute approximate surface area is 414 Å². The van der Waals surface area contributed by atoms with Gasteiger partial charge < -0.3 is 55.6 Å². The zero-order valence-electron chi connectivity index (χ0n) is 43.7. The highest BCUT2D eigenvalue weighted by atomic mass is 16.5. The fraction of sp³-hybridized carbons (Fsp3) is 0.700. The molecule has 392 valence electrons. The van der Waals surface area contributed by atoms with E-state index in [4.69, 9.17) is 4.74 Å². The Morgan fingerprint density at radius 1 is 0.686 bits per heavy atom. The van der Waals surface area contributed by atoms with Crippen molar-refractivity contribution in [3.8, 4) is 0 Å². The highest BCUT2D eigenvalue weighted by Gasteiger charge is 2.43. The number of carbonyl (C=O) groups excluding carboxylic acids is 9. The molecule has 0 aliphatic carbocycles. The molecule has 0 aromatic heterocycles. The minimum absolute atomic E-state index is 0.00154. The number of rotatable bonds is 10. The molecule has 2 saturated heterocycles. The Morgan fingerprint density at radius 2 is 1.23 bits per heavy atom. The SMILES string of the molecule is CC(C)C[C@H]1C(=O)NC(C(=O)N2CCCCC2)C(=O)NCCC(=O)N[C@@H](C(C)O)C(=O)N(C)[C@@H](C)C(=O)N[C@@H](COC(C)(C)C)C(=O)N(C)[C@@H](Cc2ccccc2)C(=O)N(C)[C@@H](CC(C)C)C(=O)N1C. The summed E-state index contributed by atoms with van der Waals surface area (Å²) < 4.78 is 6.03. The Kier molecular flexibility index (Phi) is 22.3. The van der Waals surface area contributed by atoms with Crippen molar-refractivity contribution < 1.29 is 53.0 Å². The first-order valence-corrected chi connectivity index (χ1v) is 24.6. The van der Waals surface area contributed by atoms with Gasteiger partial charge in [0, 0.05) is 60.7 Å². The van der Waals surface area contributed by atoms with Crippen molar-refractivity contribution in [3.05, 3.63) is 35.9 Å². The van der Waals surface area contributed by atoms with Crippen LogP contribution in [0.15, 0.2) is 30.3 Å². The summed E-state index contributed by atoms with van der Waals surface area (Å²) >= 11 is 0. The zero-order chi connectivity index (χ0) is 52.8. The lowest BCUT2D eigenvalue weighted by atomic mass is 9.96. The summed E-state index contributed by atoms with van der Waals surface area (Å²) in [6, 6.07) is -0.609. The highest BCUT2D eigenvalue weighted by Crippen LogP contribution is 2.22. The normalized spacial score (nSPS) is 25.8. The van der Waals surface area contributed by atoms with E-state index in [9.17, 15) is 43.5 Å². The summed E-state index contributed by atoms with van der Waals surface area (Å²) in [6.07, 6.45) is 0.667. The molecule has 2 unspecified atom stereocenters. The third kappa shape index (κ3) is 16.8. The van der Waals surface area contributed by atoms with Crippen LogP contribution in [0.25, 0.3) is 0 Å². The van der Waals surface area contributed by atoms with Gasteiger partial charge in [0.25, 0.3) is 11.8 Å². The third-order valence-electron chi connectivity index (χ3n) is 12.8. The van der Waals surface area contributed by atoms with Crippen molar-refractivity contribution in [1.82, 2.24) is 45.8 Å². The van der Waals surface area contributed by atoms with Crippen molar-refractivity contribution >= 4 is 53.2 Å². The smallest absolute Gasteiger partial charge is 0.254 e. The Morgan fingerprint density at radius 3 is 1.79 bits per heavy atom. The predicted molar refractivity (Wildman–Crippen MR) is 262 cm³/mol. The van der Waals surface area contributed by atoms with Gasteiger partial charge in [0.15, 0.2) is 6.04 Å². The second-order valence-corrected chi connectivity index (χ2v) is 20.6. The summed E-state index contributed by atoms with van der Waals surface area (Å²) in [7, 11) is 5.63. The molecular formula is C50H81N9O11. The lowest BCUT2D eigenvalue weighted by Gasteiger charge is -2.39. The second kappa shape index (κ2) is 26.5. The topological polar surface area (TPSA) is 247 Å². The van der Waals surface area contributed by atoms with Crippen LogP contribution in [-0.4, -0.2) is 191 Å². The summed E-state index contributed by atoms with van der Waals surface area (Å²) in [5, 5.41) is 21.1. The molecule has 0 spiro atoms. The summed E-state index contributed by atoms with van der Waals surface area (Å²) in [5.74, 6) is -6.97. The molecule has 8 atom stereocenters. The number of aliphatic hydroxyl groups is 1. The van der Waals surface area contributed by atoms with Gasteiger partial charge in [0.2, 0.25) is 41.4 Å². The molecule has 5 N–H and O–H groups in total. The largest absolute Gasteiger partial charge is 0.391 e. The molecule has 20 nitrogen and oxygen atoms in total. The van der Waals surface area contributed by atoms with Gasteiger partial charge in [-0.2, -0.15) is 0 Å². The number of benzene rings is 1. The molecular weight excluding hydrogens is 903 g/mol. The van der Waals surface area contributed by atoms with Gasteiger partial charge in [-0.3, -0.25) is 43.2 Å².